The third-order valence-corrected chi connectivity index (χ3v) is 4.74. The van der Waals surface area contributed by atoms with Gasteiger partial charge in [0.05, 0.1) is 11.3 Å². The maximum Gasteiger partial charge on any atom is 0.311 e. The largest absolute Gasteiger partial charge is 0.481 e. The van der Waals surface area contributed by atoms with Gasteiger partial charge in [0.2, 0.25) is 0 Å². The Morgan fingerprint density at radius 2 is 2.28 bits per heavy atom. The van der Waals surface area contributed by atoms with Gasteiger partial charge in [-0.2, -0.15) is 0 Å². The van der Waals surface area contributed by atoms with Crippen LogP contribution in [0.15, 0.2) is 4.79 Å². The van der Waals surface area contributed by atoms with Gasteiger partial charge < -0.3 is 5.11 Å². The number of thiophene rings is 1. The fourth-order valence-corrected chi connectivity index (χ4v) is 3.81. The molecule has 18 heavy (non-hydrogen) atoms. The Balaban J connectivity index is 2.42. The average Bonchev–Trinajstić information content (AvgIpc) is 2.83. The Bertz CT molecular complexity index is 729. The molecule has 0 amide bonds. The summed E-state index contributed by atoms with van der Waals surface area (Å²) < 4.78 is 1.48. The summed E-state index contributed by atoms with van der Waals surface area (Å²) in [4.78, 5) is 29.6. The second-order valence-corrected chi connectivity index (χ2v) is 5.66. The van der Waals surface area contributed by atoms with Crippen LogP contribution in [-0.2, 0) is 18.3 Å². The van der Waals surface area contributed by atoms with E-state index in [1.165, 1.54) is 15.9 Å². The minimum Gasteiger partial charge on any atom is -0.481 e. The van der Waals surface area contributed by atoms with Crippen molar-refractivity contribution in [1.29, 1.82) is 0 Å². The Hall–Kier alpha value is -1.69. The molecule has 0 bridgehead atoms. The minimum atomic E-state index is -0.851. The van der Waals surface area contributed by atoms with E-state index in [0.717, 1.165) is 11.3 Å². The zero-order valence-corrected chi connectivity index (χ0v) is 10.9. The zero-order chi connectivity index (χ0) is 13.0. The van der Waals surface area contributed by atoms with Crippen LogP contribution in [0.3, 0.4) is 0 Å². The lowest BCUT2D eigenvalue weighted by molar-refractivity contribution is -0.138. The number of hydrogen-bond donors (Lipinski definition) is 1. The molecule has 0 aromatic carbocycles. The fourth-order valence-electron chi connectivity index (χ4n) is 2.52. The number of aliphatic carboxylic acids is 1. The van der Waals surface area contributed by atoms with Gasteiger partial charge in [0.25, 0.3) is 5.56 Å². The summed E-state index contributed by atoms with van der Waals surface area (Å²) in [5.41, 5.74) is 0.568. The van der Waals surface area contributed by atoms with Crippen LogP contribution in [0.4, 0.5) is 0 Å². The van der Waals surface area contributed by atoms with Gasteiger partial charge in [0.15, 0.2) is 0 Å². The molecule has 2 heterocycles. The van der Waals surface area contributed by atoms with Crippen LogP contribution < -0.4 is 5.56 Å². The van der Waals surface area contributed by atoms with Crippen molar-refractivity contribution >= 4 is 27.5 Å². The number of carbonyl (C=O) groups is 1. The Morgan fingerprint density at radius 1 is 1.56 bits per heavy atom. The summed E-state index contributed by atoms with van der Waals surface area (Å²) in [6.07, 6.45) is 1.32. The van der Waals surface area contributed by atoms with Crippen LogP contribution in [0.2, 0.25) is 0 Å². The number of carboxylic acids is 1. The average molecular weight is 264 g/mol. The maximum atomic E-state index is 12.3. The molecule has 0 aliphatic heterocycles. The first kappa shape index (κ1) is 11.4. The first-order chi connectivity index (χ1) is 8.50. The normalized spacial score (nSPS) is 18.2. The number of rotatable bonds is 1. The van der Waals surface area contributed by atoms with Gasteiger partial charge in [-0.25, -0.2) is 4.98 Å². The molecule has 1 N–H and O–H groups in total. The molecule has 1 atom stereocenters. The van der Waals surface area contributed by atoms with Gasteiger partial charge >= 0.3 is 5.97 Å². The van der Waals surface area contributed by atoms with Crippen LogP contribution in [-0.4, -0.2) is 20.6 Å². The monoisotopic (exact) mass is 264 g/mol. The van der Waals surface area contributed by atoms with E-state index in [1.807, 2.05) is 0 Å². The van der Waals surface area contributed by atoms with Gasteiger partial charge in [0.1, 0.15) is 10.7 Å². The summed E-state index contributed by atoms with van der Waals surface area (Å²) in [5, 5.41) is 9.74. The minimum absolute atomic E-state index is 0.136. The van der Waals surface area contributed by atoms with Crippen LogP contribution in [0.5, 0.6) is 0 Å². The highest BCUT2D eigenvalue weighted by molar-refractivity contribution is 7.18. The molecule has 6 heteroatoms. The van der Waals surface area contributed by atoms with E-state index in [4.69, 9.17) is 0 Å². The van der Waals surface area contributed by atoms with Crippen molar-refractivity contribution in [2.45, 2.75) is 25.7 Å². The van der Waals surface area contributed by atoms with Gasteiger partial charge in [-0.1, -0.05) is 0 Å². The van der Waals surface area contributed by atoms with Crippen LogP contribution in [0, 0.1) is 6.92 Å². The van der Waals surface area contributed by atoms with Crippen LogP contribution in [0.1, 0.15) is 28.6 Å². The van der Waals surface area contributed by atoms with E-state index in [2.05, 4.69) is 4.98 Å². The quantitative estimate of drug-likeness (QED) is 0.845. The third-order valence-electron chi connectivity index (χ3n) is 3.58. The number of hydrogen-bond acceptors (Lipinski definition) is 4. The molecule has 94 valence electrons. The lowest BCUT2D eigenvalue weighted by atomic mass is 10.0. The van der Waals surface area contributed by atoms with Crippen molar-refractivity contribution in [3.05, 3.63) is 26.6 Å². The van der Waals surface area contributed by atoms with Crippen LogP contribution >= 0.6 is 11.3 Å². The van der Waals surface area contributed by atoms with Crippen LogP contribution in [0.25, 0.3) is 10.2 Å². The van der Waals surface area contributed by atoms with Gasteiger partial charge in [-0.3, -0.25) is 14.2 Å². The Labute approximate surface area is 107 Å². The van der Waals surface area contributed by atoms with Crippen molar-refractivity contribution in [2.24, 2.45) is 7.05 Å². The molecule has 0 saturated heterocycles. The molecule has 1 unspecified atom stereocenters. The van der Waals surface area contributed by atoms with Crippen molar-refractivity contribution in [3.63, 3.8) is 0 Å². The molecule has 0 fully saturated rings. The summed E-state index contributed by atoms with van der Waals surface area (Å²) in [6, 6.07) is 0. The summed E-state index contributed by atoms with van der Waals surface area (Å²) >= 11 is 1.46. The molecule has 0 saturated carbocycles. The van der Waals surface area contributed by atoms with Crippen molar-refractivity contribution in [1.82, 2.24) is 9.55 Å². The van der Waals surface area contributed by atoms with Gasteiger partial charge in [-0.15, -0.1) is 11.3 Å². The Morgan fingerprint density at radius 3 is 2.94 bits per heavy atom. The molecule has 3 rings (SSSR count). The van der Waals surface area contributed by atoms with Crippen molar-refractivity contribution in [2.75, 3.05) is 0 Å². The van der Waals surface area contributed by atoms with E-state index in [-0.39, 0.29) is 5.56 Å². The molecule has 2 aromatic heterocycles. The highest BCUT2D eigenvalue weighted by atomic mass is 32.1. The number of carboxylic acid groups (broad SMARTS) is 1. The molecule has 1 aliphatic carbocycles. The van der Waals surface area contributed by atoms with E-state index in [0.29, 0.717) is 28.0 Å². The molecule has 1 aliphatic rings. The molecule has 0 spiro atoms. The second-order valence-electron chi connectivity index (χ2n) is 4.57. The van der Waals surface area contributed by atoms with E-state index in [1.54, 1.807) is 14.0 Å². The van der Waals surface area contributed by atoms with Crippen molar-refractivity contribution < 1.29 is 9.90 Å². The number of aryl methyl sites for hydroxylation is 2. The summed E-state index contributed by atoms with van der Waals surface area (Å²) in [6.45, 7) is 1.78. The predicted octanol–water partition coefficient (Wildman–Crippen LogP) is 1.42. The van der Waals surface area contributed by atoms with E-state index < -0.39 is 11.9 Å². The SMILES string of the molecule is Cc1nc2sc3c(c2c(=O)n1C)C(C(=O)O)CC3. The highest BCUT2D eigenvalue weighted by Gasteiger charge is 2.34. The molecular weight excluding hydrogens is 252 g/mol. The first-order valence-electron chi connectivity index (χ1n) is 5.72. The van der Waals surface area contributed by atoms with E-state index in [9.17, 15) is 14.7 Å². The second kappa shape index (κ2) is 3.65. The Kier molecular flexibility index (Phi) is 2.31. The lowest BCUT2D eigenvalue weighted by Gasteiger charge is -2.06. The summed E-state index contributed by atoms with van der Waals surface area (Å²) in [7, 11) is 1.67. The first-order valence-corrected chi connectivity index (χ1v) is 6.54. The van der Waals surface area contributed by atoms with Gasteiger partial charge in [0, 0.05) is 11.9 Å². The molecule has 2 aromatic rings. The maximum absolute atomic E-state index is 12.3. The highest BCUT2D eigenvalue weighted by Crippen LogP contribution is 2.42. The zero-order valence-electron chi connectivity index (χ0n) is 10.1. The predicted molar refractivity (Wildman–Crippen MR) is 68.3 cm³/mol. The standard InChI is InChI=1S/C12H12N2O3S/c1-5-13-10-9(11(15)14(5)2)8-6(12(16)17)3-4-7(8)18-10/h6H,3-4H2,1-2H3,(H,16,17). The smallest absolute Gasteiger partial charge is 0.311 e. The van der Waals surface area contributed by atoms with E-state index >= 15 is 0 Å². The molecular formula is C12H12N2O3S. The number of nitrogens with zero attached hydrogens (tertiary/aromatic N) is 2. The molecule has 5 nitrogen and oxygen atoms in total. The van der Waals surface area contributed by atoms with Crippen molar-refractivity contribution in [3.8, 4) is 0 Å². The third kappa shape index (κ3) is 1.35. The lowest BCUT2D eigenvalue weighted by Crippen LogP contribution is -2.21. The van der Waals surface area contributed by atoms with Gasteiger partial charge in [-0.05, 0) is 25.3 Å². The molecule has 0 radical (unpaired) electrons. The fraction of sp³-hybridized carbons (Fsp3) is 0.417. The topological polar surface area (TPSA) is 72.2 Å². The number of fused-ring (bicyclic) bond motifs is 3. The summed E-state index contributed by atoms with van der Waals surface area (Å²) in [5.74, 6) is -0.749. The number of aromatic nitrogens is 2.